The van der Waals surface area contributed by atoms with Crippen molar-refractivity contribution in [2.75, 3.05) is 30.3 Å². The second kappa shape index (κ2) is 9.70. The zero-order valence-corrected chi connectivity index (χ0v) is 15.2. The van der Waals surface area contributed by atoms with E-state index in [0.717, 1.165) is 17.0 Å². The quantitative estimate of drug-likeness (QED) is 0.574. The van der Waals surface area contributed by atoms with Gasteiger partial charge in [-0.2, -0.15) is 0 Å². The van der Waals surface area contributed by atoms with Crippen molar-refractivity contribution < 1.29 is 19.6 Å². The van der Waals surface area contributed by atoms with Crippen molar-refractivity contribution in [3.05, 3.63) is 60.2 Å². The average molecular weight is 356 g/mol. The molecule has 0 aromatic heterocycles. The molecule has 4 N–H and O–H groups in total. The average Bonchev–Trinajstić information content (AvgIpc) is 2.63. The van der Waals surface area contributed by atoms with E-state index in [0.29, 0.717) is 17.9 Å². The van der Waals surface area contributed by atoms with Crippen LogP contribution in [0.2, 0.25) is 0 Å². The molecule has 2 amide bonds. The van der Waals surface area contributed by atoms with Crippen molar-refractivity contribution in [3.63, 3.8) is 0 Å². The molecular weight excluding hydrogens is 330 g/mol. The van der Waals surface area contributed by atoms with Crippen LogP contribution >= 0.6 is 0 Å². The number of hydrogen-bond donors (Lipinski definition) is 4. The van der Waals surface area contributed by atoms with Gasteiger partial charge in [0.05, 0.1) is 6.54 Å². The first kappa shape index (κ1) is 19.6. The van der Waals surface area contributed by atoms with Crippen LogP contribution in [0.5, 0.6) is 0 Å². The number of likely N-dealkylation sites (N-methyl/N-ethyl adjacent to an activating group) is 1. The van der Waals surface area contributed by atoms with Crippen LogP contribution < -0.4 is 15.5 Å². The zero-order valence-electron chi connectivity index (χ0n) is 15.2. The molecule has 2 aromatic rings. The summed E-state index contributed by atoms with van der Waals surface area (Å²) in [6.07, 6.45) is -0.601. The van der Waals surface area contributed by atoms with E-state index in [1.54, 1.807) is 24.3 Å². The number of carbonyl (C=O) groups excluding carboxylic acids is 2. The van der Waals surface area contributed by atoms with E-state index >= 15 is 0 Å². The second-order valence-electron chi connectivity index (χ2n) is 6.22. The maximum atomic E-state index is 12.3. The summed E-state index contributed by atoms with van der Waals surface area (Å²) >= 11 is 0. The number of rotatable bonds is 8. The third-order valence-electron chi connectivity index (χ3n) is 4.07. The molecule has 0 spiro atoms. The highest BCUT2D eigenvalue weighted by Gasteiger charge is 2.18. The molecular formula is C20H26N3O3+. The van der Waals surface area contributed by atoms with Gasteiger partial charge in [0.2, 0.25) is 5.91 Å². The third-order valence-corrected chi connectivity index (χ3v) is 4.07. The Balaban J connectivity index is 1.87. The number of hydrogen-bond acceptors (Lipinski definition) is 3. The van der Waals surface area contributed by atoms with Gasteiger partial charge in [0.25, 0.3) is 5.91 Å². The third kappa shape index (κ3) is 6.31. The van der Waals surface area contributed by atoms with Gasteiger partial charge in [-0.15, -0.1) is 0 Å². The van der Waals surface area contributed by atoms with Crippen LogP contribution in [0.15, 0.2) is 54.6 Å². The van der Waals surface area contributed by atoms with Crippen LogP contribution in [0, 0.1) is 0 Å². The first-order valence-electron chi connectivity index (χ1n) is 8.72. The summed E-state index contributed by atoms with van der Waals surface area (Å²) in [5.74, 6) is -0.254. The van der Waals surface area contributed by atoms with Crippen LogP contribution in [0.1, 0.15) is 25.5 Å². The van der Waals surface area contributed by atoms with E-state index in [9.17, 15) is 14.7 Å². The van der Waals surface area contributed by atoms with E-state index in [-0.39, 0.29) is 18.4 Å². The highest BCUT2D eigenvalue weighted by Crippen LogP contribution is 2.13. The SMILES string of the molecule is CC[NH+](CC(=O)Nc1ccc(NC(C)=O)cc1)C[C@@H](O)c1ccccc1. The van der Waals surface area contributed by atoms with Crippen LogP contribution in [0.25, 0.3) is 0 Å². The van der Waals surface area contributed by atoms with E-state index in [1.165, 1.54) is 6.92 Å². The Morgan fingerprint density at radius 1 is 1.00 bits per heavy atom. The van der Waals surface area contributed by atoms with Gasteiger partial charge in [0.15, 0.2) is 6.54 Å². The van der Waals surface area contributed by atoms with E-state index in [2.05, 4.69) is 10.6 Å². The Hall–Kier alpha value is -2.70. The van der Waals surface area contributed by atoms with Crippen LogP contribution in [0.4, 0.5) is 11.4 Å². The standard InChI is InChI=1S/C20H25N3O3/c1-3-23(13-19(25)16-7-5-4-6-8-16)14-20(26)22-18-11-9-17(10-12-18)21-15(2)24/h4-12,19,25H,3,13-14H2,1-2H3,(H,21,24)(H,22,26)/p+1/t19-/m1/s1. The van der Waals surface area contributed by atoms with Gasteiger partial charge in [-0.3, -0.25) is 9.59 Å². The fraction of sp³-hybridized carbons (Fsp3) is 0.300. The van der Waals surface area contributed by atoms with Gasteiger partial charge >= 0.3 is 0 Å². The number of nitrogens with one attached hydrogen (secondary N) is 3. The van der Waals surface area contributed by atoms with Crippen molar-refractivity contribution in [2.24, 2.45) is 0 Å². The van der Waals surface area contributed by atoms with Gasteiger partial charge in [-0.25, -0.2) is 0 Å². The molecule has 1 unspecified atom stereocenters. The Morgan fingerprint density at radius 3 is 2.12 bits per heavy atom. The minimum absolute atomic E-state index is 0.116. The molecule has 26 heavy (non-hydrogen) atoms. The maximum Gasteiger partial charge on any atom is 0.279 e. The Labute approximate surface area is 153 Å². The topological polar surface area (TPSA) is 82.9 Å². The summed E-state index contributed by atoms with van der Waals surface area (Å²) in [7, 11) is 0. The van der Waals surface area contributed by atoms with Gasteiger partial charge in [-0.05, 0) is 36.8 Å². The Kier molecular flexibility index (Phi) is 7.32. The van der Waals surface area contributed by atoms with E-state index < -0.39 is 6.10 Å². The Bertz CT molecular complexity index is 717. The van der Waals surface area contributed by atoms with Gasteiger partial charge in [0.1, 0.15) is 12.6 Å². The molecule has 6 nitrogen and oxygen atoms in total. The zero-order chi connectivity index (χ0) is 18.9. The number of benzene rings is 2. The van der Waals surface area contributed by atoms with E-state index in [4.69, 9.17) is 0 Å². The van der Waals surface area contributed by atoms with Crippen molar-refractivity contribution >= 4 is 23.2 Å². The summed E-state index contributed by atoms with van der Waals surface area (Å²) in [4.78, 5) is 24.3. The van der Waals surface area contributed by atoms with Crippen molar-refractivity contribution in [1.29, 1.82) is 0 Å². The molecule has 0 bridgehead atoms. The maximum absolute atomic E-state index is 12.3. The predicted molar refractivity (Wildman–Crippen MR) is 102 cm³/mol. The van der Waals surface area contributed by atoms with Crippen LogP contribution in [0.3, 0.4) is 0 Å². The van der Waals surface area contributed by atoms with Crippen molar-refractivity contribution in [1.82, 2.24) is 0 Å². The lowest BCUT2D eigenvalue weighted by Gasteiger charge is -2.20. The fourth-order valence-electron chi connectivity index (χ4n) is 2.68. The number of aliphatic hydroxyl groups excluding tert-OH is 1. The van der Waals surface area contributed by atoms with Crippen LogP contribution in [-0.2, 0) is 9.59 Å². The molecule has 0 saturated carbocycles. The van der Waals surface area contributed by atoms with Gasteiger partial charge in [0, 0.05) is 18.3 Å². The fourth-order valence-corrected chi connectivity index (χ4v) is 2.68. The number of anilines is 2. The lowest BCUT2D eigenvalue weighted by atomic mass is 10.1. The second-order valence-corrected chi connectivity index (χ2v) is 6.22. The molecule has 2 rings (SSSR count). The minimum atomic E-state index is -0.601. The normalized spacial score (nSPS) is 12.9. The highest BCUT2D eigenvalue weighted by atomic mass is 16.3. The lowest BCUT2D eigenvalue weighted by molar-refractivity contribution is -0.893. The summed E-state index contributed by atoms with van der Waals surface area (Å²) in [5.41, 5.74) is 2.21. The molecule has 0 aliphatic rings. The van der Waals surface area contributed by atoms with Crippen molar-refractivity contribution in [3.8, 4) is 0 Å². The number of carbonyl (C=O) groups is 2. The van der Waals surface area contributed by atoms with Crippen molar-refractivity contribution in [2.45, 2.75) is 20.0 Å². The Morgan fingerprint density at radius 2 is 1.58 bits per heavy atom. The van der Waals surface area contributed by atoms with Gasteiger partial charge < -0.3 is 20.6 Å². The molecule has 0 radical (unpaired) electrons. The lowest BCUT2D eigenvalue weighted by Crippen LogP contribution is -3.13. The highest BCUT2D eigenvalue weighted by molar-refractivity contribution is 5.92. The first-order valence-corrected chi connectivity index (χ1v) is 8.72. The molecule has 2 atom stereocenters. The monoisotopic (exact) mass is 356 g/mol. The predicted octanol–water partition coefficient (Wildman–Crippen LogP) is 1.22. The molecule has 2 aromatic carbocycles. The summed E-state index contributed by atoms with van der Waals surface area (Å²) in [5, 5.41) is 15.9. The number of amides is 2. The summed E-state index contributed by atoms with van der Waals surface area (Å²) in [6.45, 7) is 4.91. The largest absolute Gasteiger partial charge is 0.382 e. The molecule has 6 heteroatoms. The number of aliphatic hydroxyl groups is 1. The van der Waals surface area contributed by atoms with E-state index in [1.807, 2.05) is 37.3 Å². The van der Waals surface area contributed by atoms with Crippen LogP contribution in [-0.4, -0.2) is 36.6 Å². The first-order chi connectivity index (χ1) is 12.5. The minimum Gasteiger partial charge on any atom is -0.382 e. The molecule has 0 aliphatic carbocycles. The molecule has 0 heterocycles. The number of quaternary nitrogens is 1. The molecule has 138 valence electrons. The smallest absolute Gasteiger partial charge is 0.279 e. The summed E-state index contributed by atoms with van der Waals surface area (Å²) < 4.78 is 0. The van der Waals surface area contributed by atoms with Gasteiger partial charge in [-0.1, -0.05) is 30.3 Å². The molecule has 0 fully saturated rings. The molecule has 0 aliphatic heterocycles. The molecule has 0 saturated heterocycles. The summed E-state index contributed by atoms with van der Waals surface area (Å²) in [6, 6.07) is 16.4.